The average molecular weight is 269 g/mol. The molecular weight excluding hydrogens is 254 g/mol. The van der Waals surface area contributed by atoms with Crippen LogP contribution in [0.3, 0.4) is 0 Å². The molecule has 0 atom stereocenters. The zero-order valence-corrected chi connectivity index (χ0v) is 11.2. The number of para-hydroxylation sites is 1. The molecule has 0 radical (unpaired) electrons. The molecule has 102 valence electrons. The lowest BCUT2D eigenvalue weighted by molar-refractivity contribution is -0.138. The molecule has 20 heavy (non-hydrogen) atoms. The van der Waals surface area contributed by atoms with Crippen LogP contribution in [0.5, 0.6) is 11.5 Å². The Morgan fingerprint density at radius 2 is 1.65 bits per heavy atom. The standard InChI is InChI=1S/C16H15NO3/c1-17(16(19)12-18)11-13-7-9-15(10-8-13)20-14-5-3-2-4-6-14/h2-10,12H,11H2,1H3. The zero-order chi connectivity index (χ0) is 14.4. The number of ether oxygens (including phenoxy) is 1. The summed E-state index contributed by atoms with van der Waals surface area (Å²) in [6.07, 6.45) is 0.312. The Bertz CT molecular complexity index is 578. The molecule has 1 amide bonds. The van der Waals surface area contributed by atoms with Crippen molar-refractivity contribution in [2.75, 3.05) is 7.05 Å². The Morgan fingerprint density at radius 3 is 2.25 bits per heavy atom. The van der Waals surface area contributed by atoms with Crippen molar-refractivity contribution in [3.8, 4) is 11.5 Å². The minimum atomic E-state index is -0.533. The normalized spacial score (nSPS) is 9.85. The third kappa shape index (κ3) is 3.68. The van der Waals surface area contributed by atoms with Crippen molar-refractivity contribution in [3.05, 3.63) is 60.2 Å². The predicted molar refractivity (Wildman–Crippen MR) is 75.5 cm³/mol. The molecule has 0 unspecified atom stereocenters. The van der Waals surface area contributed by atoms with Gasteiger partial charge in [-0.2, -0.15) is 0 Å². The lowest BCUT2D eigenvalue weighted by atomic mass is 10.2. The predicted octanol–water partition coefficient (Wildman–Crippen LogP) is 2.64. The van der Waals surface area contributed by atoms with Gasteiger partial charge in [0, 0.05) is 13.6 Å². The molecule has 0 aliphatic heterocycles. The first kappa shape index (κ1) is 13.8. The van der Waals surface area contributed by atoms with E-state index < -0.39 is 5.91 Å². The van der Waals surface area contributed by atoms with Crippen molar-refractivity contribution in [2.45, 2.75) is 6.54 Å². The smallest absolute Gasteiger partial charge is 0.286 e. The van der Waals surface area contributed by atoms with Gasteiger partial charge in [-0.3, -0.25) is 9.59 Å². The van der Waals surface area contributed by atoms with Crippen LogP contribution in [-0.2, 0) is 16.1 Å². The Hall–Kier alpha value is -2.62. The summed E-state index contributed by atoms with van der Waals surface area (Å²) in [4.78, 5) is 22.9. The number of amides is 1. The number of aldehydes is 1. The lowest BCUT2D eigenvalue weighted by Gasteiger charge is -2.14. The minimum Gasteiger partial charge on any atom is -0.457 e. The summed E-state index contributed by atoms with van der Waals surface area (Å²) in [6, 6.07) is 16.9. The molecular formula is C16H15NO3. The molecule has 4 heteroatoms. The number of carbonyl (C=O) groups excluding carboxylic acids is 2. The number of rotatable bonds is 5. The Balaban J connectivity index is 1.99. The van der Waals surface area contributed by atoms with Gasteiger partial charge in [-0.25, -0.2) is 0 Å². The van der Waals surface area contributed by atoms with Crippen LogP contribution < -0.4 is 4.74 Å². The highest BCUT2D eigenvalue weighted by Gasteiger charge is 2.07. The number of hydrogen-bond acceptors (Lipinski definition) is 3. The van der Waals surface area contributed by atoms with Crippen LogP contribution in [0.4, 0.5) is 0 Å². The van der Waals surface area contributed by atoms with Gasteiger partial charge in [0.1, 0.15) is 11.5 Å². The van der Waals surface area contributed by atoms with Gasteiger partial charge >= 0.3 is 0 Å². The van der Waals surface area contributed by atoms with E-state index in [-0.39, 0.29) is 0 Å². The topological polar surface area (TPSA) is 46.6 Å². The number of benzene rings is 2. The molecule has 0 aliphatic rings. The molecule has 2 aromatic carbocycles. The lowest BCUT2D eigenvalue weighted by Crippen LogP contribution is -2.26. The first-order valence-electron chi connectivity index (χ1n) is 6.21. The molecule has 0 spiro atoms. The Labute approximate surface area is 117 Å². The van der Waals surface area contributed by atoms with Gasteiger partial charge in [-0.05, 0) is 29.8 Å². The second kappa shape index (κ2) is 6.52. The van der Waals surface area contributed by atoms with E-state index in [4.69, 9.17) is 4.74 Å². The van der Waals surface area contributed by atoms with Gasteiger partial charge in [0.15, 0.2) is 0 Å². The largest absolute Gasteiger partial charge is 0.457 e. The van der Waals surface area contributed by atoms with Crippen molar-refractivity contribution in [1.82, 2.24) is 4.90 Å². The highest BCUT2D eigenvalue weighted by molar-refractivity contribution is 6.23. The average Bonchev–Trinajstić information content (AvgIpc) is 2.49. The summed E-state index contributed by atoms with van der Waals surface area (Å²) in [7, 11) is 1.59. The van der Waals surface area contributed by atoms with Crippen LogP contribution in [0.2, 0.25) is 0 Å². The molecule has 4 nitrogen and oxygen atoms in total. The third-order valence-corrected chi connectivity index (χ3v) is 2.80. The van der Waals surface area contributed by atoms with Crippen LogP contribution >= 0.6 is 0 Å². The van der Waals surface area contributed by atoms with Crippen molar-refractivity contribution < 1.29 is 14.3 Å². The number of likely N-dealkylation sites (N-methyl/N-ethyl adjacent to an activating group) is 1. The SMILES string of the molecule is CN(Cc1ccc(Oc2ccccc2)cc1)C(=O)C=O. The quantitative estimate of drug-likeness (QED) is 0.619. The molecule has 0 saturated heterocycles. The number of carbonyl (C=O) groups is 2. The fourth-order valence-electron chi connectivity index (χ4n) is 1.73. The highest BCUT2D eigenvalue weighted by Crippen LogP contribution is 2.21. The monoisotopic (exact) mass is 269 g/mol. The van der Waals surface area contributed by atoms with Crippen molar-refractivity contribution in [3.63, 3.8) is 0 Å². The second-order valence-electron chi connectivity index (χ2n) is 4.37. The van der Waals surface area contributed by atoms with E-state index >= 15 is 0 Å². The van der Waals surface area contributed by atoms with Crippen LogP contribution in [0, 0.1) is 0 Å². The zero-order valence-electron chi connectivity index (χ0n) is 11.2. The summed E-state index contributed by atoms with van der Waals surface area (Å²) in [5, 5.41) is 0. The summed E-state index contributed by atoms with van der Waals surface area (Å²) < 4.78 is 5.67. The molecule has 0 bridgehead atoms. The van der Waals surface area contributed by atoms with E-state index in [0.29, 0.717) is 12.8 Å². The highest BCUT2D eigenvalue weighted by atomic mass is 16.5. The van der Waals surface area contributed by atoms with Crippen LogP contribution in [0.15, 0.2) is 54.6 Å². The number of nitrogens with zero attached hydrogens (tertiary/aromatic N) is 1. The van der Waals surface area contributed by atoms with Crippen LogP contribution in [0.1, 0.15) is 5.56 Å². The summed E-state index contributed by atoms with van der Waals surface area (Å²) in [6.45, 7) is 0.392. The van der Waals surface area contributed by atoms with Crippen LogP contribution in [0.25, 0.3) is 0 Å². The van der Waals surface area contributed by atoms with Gasteiger partial charge in [0.25, 0.3) is 5.91 Å². The second-order valence-corrected chi connectivity index (χ2v) is 4.37. The van der Waals surface area contributed by atoms with Gasteiger partial charge < -0.3 is 9.64 Å². The van der Waals surface area contributed by atoms with Gasteiger partial charge in [-0.1, -0.05) is 30.3 Å². The maximum Gasteiger partial charge on any atom is 0.286 e. The van der Waals surface area contributed by atoms with Gasteiger partial charge in [-0.15, -0.1) is 0 Å². The van der Waals surface area contributed by atoms with Gasteiger partial charge in [0.05, 0.1) is 0 Å². The summed E-state index contributed by atoms with van der Waals surface area (Å²) >= 11 is 0. The van der Waals surface area contributed by atoms with E-state index in [1.54, 1.807) is 7.05 Å². The Kier molecular flexibility index (Phi) is 4.50. The maximum atomic E-state index is 11.2. The summed E-state index contributed by atoms with van der Waals surface area (Å²) in [5.74, 6) is 0.965. The first-order chi connectivity index (χ1) is 9.69. The van der Waals surface area contributed by atoms with E-state index in [2.05, 4.69) is 0 Å². The van der Waals surface area contributed by atoms with Crippen molar-refractivity contribution in [1.29, 1.82) is 0 Å². The van der Waals surface area contributed by atoms with E-state index in [1.807, 2.05) is 54.6 Å². The summed E-state index contributed by atoms with van der Waals surface area (Å²) in [5.41, 5.74) is 0.933. The molecule has 0 N–H and O–H groups in total. The molecule has 0 heterocycles. The van der Waals surface area contributed by atoms with E-state index in [0.717, 1.165) is 17.1 Å². The molecule has 2 aromatic rings. The first-order valence-corrected chi connectivity index (χ1v) is 6.21. The van der Waals surface area contributed by atoms with E-state index in [9.17, 15) is 9.59 Å². The van der Waals surface area contributed by atoms with E-state index in [1.165, 1.54) is 4.90 Å². The Morgan fingerprint density at radius 1 is 1.05 bits per heavy atom. The molecule has 0 fully saturated rings. The van der Waals surface area contributed by atoms with Crippen molar-refractivity contribution in [2.24, 2.45) is 0 Å². The third-order valence-electron chi connectivity index (χ3n) is 2.80. The molecule has 0 aromatic heterocycles. The fraction of sp³-hybridized carbons (Fsp3) is 0.125. The van der Waals surface area contributed by atoms with Gasteiger partial charge in [0.2, 0.25) is 6.29 Å². The number of hydrogen-bond donors (Lipinski definition) is 0. The molecule has 0 aliphatic carbocycles. The van der Waals surface area contributed by atoms with Crippen LogP contribution in [-0.4, -0.2) is 24.1 Å². The molecule has 0 saturated carbocycles. The van der Waals surface area contributed by atoms with Crippen molar-refractivity contribution >= 4 is 12.2 Å². The fourth-order valence-corrected chi connectivity index (χ4v) is 1.73. The minimum absolute atomic E-state index is 0.312. The maximum absolute atomic E-state index is 11.2. The molecule has 2 rings (SSSR count).